The highest BCUT2D eigenvalue weighted by Crippen LogP contribution is 2.17. The van der Waals surface area contributed by atoms with Crippen LogP contribution in [0.1, 0.15) is 12.7 Å². The average molecular weight is 246 g/mol. The third-order valence-electron chi connectivity index (χ3n) is 2.91. The van der Waals surface area contributed by atoms with Crippen LogP contribution in [0.15, 0.2) is 24.3 Å². The summed E-state index contributed by atoms with van der Waals surface area (Å²) >= 11 is 0. The van der Waals surface area contributed by atoms with Gasteiger partial charge in [0.1, 0.15) is 11.6 Å². The molecule has 5 nitrogen and oxygen atoms in total. The summed E-state index contributed by atoms with van der Waals surface area (Å²) in [6, 6.07) is 7.70. The first-order valence-electron chi connectivity index (χ1n) is 6.09. The van der Waals surface area contributed by atoms with E-state index < -0.39 is 0 Å². The van der Waals surface area contributed by atoms with Crippen LogP contribution in [0, 0.1) is 0 Å². The molecule has 0 amide bonds. The zero-order valence-corrected chi connectivity index (χ0v) is 10.5. The lowest BCUT2D eigenvalue weighted by Crippen LogP contribution is -2.27. The Bertz CT molecular complexity index is 529. The van der Waals surface area contributed by atoms with E-state index in [1.54, 1.807) is 0 Å². The van der Waals surface area contributed by atoms with Crippen LogP contribution in [0.3, 0.4) is 0 Å². The smallest absolute Gasteiger partial charge is 0.145 e. The van der Waals surface area contributed by atoms with Crippen molar-refractivity contribution in [3.05, 3.63) is 30.1 Å². The third kappa shape index (κ3) is 2.75. The number of benzene rings is 1. The van der Waals surface area contributed by atoms with Crippen LogP contribution in [0.25, 0.3) is 10.9 Å². The topological polar surface area (TPSA) is 75.3 Å². The Morgan fingerprint density at radius 3 is 2.78 bits per heavy atom. The number of para-hydroxylation sites is 1. The number of nitrogen functional groups attached to an aromatic ring is 1. The van der Waals surface area contributed by atoms with E-state index in [1.807, 2.05) is 31.2 Å². The molecular formula is C13H18N4O. The molecule has 1 aromatic carbocycles. The molecule has 0 aliphatic heterocycles. The maximum Gasteiger partial charge on any atom is 0.145 e. The molecule has 2 rings (SSSR count). The standard InChI is InChI=1S/C13H18N4O/c1-2-17(7-8-18)9-12-15-11-6-4-3-5-10(11)13(14)16-12/h3-6,18H,2,7-9H2,1H3,(H2,14,15,16). The minimum atomic E-state index is 0.136. The molecule has 1 aromatic heterocycles. The molecule has 96 valence electrons. The lowest BCUT2D eigenvalue weighted by molar-refractivity contribution is 0.194. The zero-order valence-electron chi connectivity index (χ0n) is 10.5. The van der Waals surface area contributed by atoms with Crippen molar-refractivity contribution in [1.82, 2.24) is 14.9 Å². The van der Waals surface area contributed by atoms with Gasteiger partial charge in [0, 0.05) is 11.9 Å². The van der Waals surface area contributed by atoms with Crippen LogP contribution in [0.2, 0.25) is 0 Å². The first-order valence-corrected chi connectivity index (χ1v) is 6.09. The summed E-state index contributed by atoms with van der Waals surface area (Å²) < 4.78 is 0. The number of nitrogens with two attached hydrogens (primary N) is 1. The van der Waals surface area contributed by atoms with Crippen LogP contribution in [0.4, 0.5) is 5.82 Å². The van der Waals surface area contributed by atoms with E-state index in [9.17, 15) is 0 Å². The van der Waals surface area contributed by atoms with Crippen molar-refractivity contribution in [1.29, 1.82) is 0 Å². The zero-order chi connectivity index (χ0) is 13.0. The molecule has 2 aromatic rings. The minimum absolute atomic E-state index is 0.136. The van der Waals surface area contributed by atoms with Crippen molar-refractivity contribution >= 4 is 16.7 Å². The number of fused-ring (bicyclic) bond motifs is 1. The second-order valence-electron chi connectivity index (χ2n) is 4.13. The summed E-state index contributed by atoms with van der Waals surface area (Å²) in [6.45, 7) is 4.24. The molecule has 0 aliphatic carbocycles. The van der Waals surface area contributed by atoms with Gasteiger partial charge >= 0.3 is 0 Å². The fraction of sp³-hybridized carbons (Fsp3) is 0.385. The lowest BCUT2D eigenvalue weighted by Gasteiger charge is -2.18. The van der Waals surface area contributed by atoms with E-state index in [1.165, 1.54) is 0 Å². The SMILES string of the molecule is CCN(CCO)Cc1nc(N)c2ccccc2n1. The molecule has 0 unspecified atom stereocenters. The first-order chi connectivity index (χ1) is 8.74. The summed E-state index contributed by atoms with van der Waals surface area (Å²) in [6.07, 6.45) is 0. The molecule has 0 saturated carbocycles. The van der Waals surface area contributed by atoms with Crippen molar-refractivity contribution in [2.45, 2.75) is 13.5 Å². The first kappa shape index (κ1) is 12.7. The average Bonchev–Trinajstić information content (AvgIpc) is 2.38. The molecule has 5 heteroatoms. The second kappa shape index (κ2) is 5.75. The molecule has 0 spiro atoms. The van der Waals surface area contributed by atoms with Crippen LogP contribution >= 0.6 is 0 Å². The molecule has 0 saturated heterocycles. The Morgan fingerprint density at radius 2 is 2.06 bits per heavy atom. The van der Waals surface area contributed by atoms with Gasteiger partial charge in [-0.1, -0.05) is 19.1 Å². The maximum absolute atomic E-state index is 8.96. The van der Waals surface area contributed by atoms with Gasteiger partial charge in [-0.3, -0.25) is 4.90 Å². The summed E-state index contributed by atoms with van der Waals surface area (Å²) in [7, 11) is 0. The second-order valence-corrected chi connectivity index (χ2v) is 4.13. The van der Waals surface area contributed by atoms with Gasteiger partial charge in [0.05, 0.1) is 18.7 Å². The summed E-state index contributed by atoms with van der Waals surface area (Å²) in [5.41, 5.74) is 6.79. The van der Waals surface area contributed by atoms with E-state index in [0.29, 0.717) is 24.7 Å². The monoisotopic (exact) mass is 246 g/mol. The van der Waals surface area contributed by atoms with Gasteiger partial charge in [0.2, 0.25) is 0 Å². The Hall–Kier alpha value is -1.72. The number of anilines is 1. The third-order valence-corrected chi connectivity index (χ3v) is 2.91. The van der Waals surface area contributed by atoms with Gasteiger partial charge in [0.15, 0.2) is 0 Å². The molecule has 1 heterocycles. The minimum Gasteiger partial charge on any atom is -0.395 e. The van der Waals surface area contributed by atoms with E-state index in [0.717, 1.165) is 17.4 Å². The van der Waals surface area contributed by atoms with Crippen molar-refractivity contribution < 1.29 is 5.11 Å². The van der Waals surface area contributed by atoms with Gasteiger partial charge in [-0.25, -0.2) is 9.97 Å². The predicted octanol–water partition coefficient (Wildman–Crippen LogP) is 1.03. The lowest BCUT2D eigenvalue weighted by atomic mass is 10.2. The van der Waals surface area contributed by atoms with Gasteiger partial charge < -0.3 is 10.8 Å². The maximum atomic E-state index is 8.96. The highest BCUT2D eigenvalue weighted by Gasteiger charge is 2.08. The van der Waals surface area contributed by atoms with Crippen LogP contribution in [0.5, 0.6) is 0 Å². The van der Waals surface area contributed by atoms with Crippen LogP contribution < -0.4 is 5.73 Å². The molecule has 3 N–H and O–H groups in total. The number of likely N-dealkylation sites (N-methyl/N-ethyl adjacent to an activating group) is 1. The normalized spacial score (nSPS) is 11.3. The molecular weight excluding hydrogens is 228 g/mol. The van der Waals surface area contributed by atoms with Crippen molar-refractivity contribution in [3.63, 3.8) is 0 Å². The van der Waals surface area contributed by atoms with Crippen LogP contribution in [-0.2, 0) is 6.54 Å². The van der Waals surface area contributed by atoms with Gasteiger partial charge in [0.25, 0.3) is 0 Å². The number of hydrogen-bond acceptors (Lipinski definition) is 5. The number of aliphatic hydroxyl groups excluding tert-OH is 1. The number of hydrogen-bond donors (Lipinski definition) is 2. The Balaban J connectivity index is 2.28. The predicted molar refractivity (Wildman–Crippen MR) is 72.0 cm³/mol. The van der Waals surface area contributed by atoms with E-state index >= 15 is 0 Å². The van der Waals surface area contributed by atoms with Crippen molar-refractivity contribution in [2.24, 2.45) is 0 Å². The number of rotatable bonds is 5. The number of aliphatic hydroxyl groups is 1. The highest BCUT2D eigenvalue weighted by molar-refractivity contribution is 5.87. The fourth-order valence-corrected chi connectivity index (χ4v) is 1.91. The van der Waals surface area contributed by atoms with Crippen molar-refractivity contribution in [3.8, 4) is 0 Å². The van der Waals surface area contributed by atoms with Crippen molar-refractivity contribution in [2.75, 3.05) is 25.4 Å². The molecule has 0 fully saturated rings. The van der Waals surface area contributed by atoms with Crippen LogP contribution in [-0.4, -0.2) is 39.7 Å². The summed E-state index contributed by atoms with van der Waals surface area (Å²) in [4.78, 5) is 10.9. The highest BCUT2D eigenvalue weighted by atomic mass is 16.3. The van der Waals surface area contributed by atoms with Gasteiger partial charge in [-0.2, -0.15) is 0 Å². The van der Waals surface area contributed by atoms with Gasteiger partial charge in [-0.15, -0.1) is 0 Å². The quantitative estimate of drug-likeness (QED) is 0.824. The fourth-order valence-electron chi connectivity index (χ4n) is 1.91. The molecule has 0 aliphatic rings. The summed E-state index contributed by atoms with van der Waals surface area (Å²) in [5, 5.41) is 9.85. The summed E-state index contributed by atoms with van der Waals surface area (Å²) in [5.74, 6) is 1.21. The van der Waals surface area contributed by atoms with E-state index in [2.05, 4.69) is 14.9 Å². The Kier molecular flexibility index (Phi) is 4.07. The Morgan fingerprint density at radius 1 is 1.28 bits per heavy atom. The Labute approximate surface area is 106 Å². The molecule has 0 atom stereocenters. The number of nitrogens with zero attached hydrogens (tertiary/aromatic N) is 3. The molecule has 18 heavy (non-hydrogen) atoms. The van der Waals surface area contributed by atoms with E-state index in [-0.39, 0.29) is 6.61 Å². The van der Waals surface area contributed by atoms with E-state index in [4.69, 9.17) is 10.8 Å². The molecule has 0 radical (unpaired) electrons. The van der Waals surface area contributed by atoms with Gasteiger partial charge in [-0.05, 0) is 18.7 Å². The molecule has 0 bridgehead atoms. The number of aromatic nitrogens is 2. The largest absolute Gasteiger partial charge is 0.395 e.